The third-order valence-electron chi connectivity index (χ3n) is 5.30. The van der Waals surface area contributed by atoms with Crippen molar-refractivity contribution in [3.63, 3.8) is 0 Å². The van der Waals surface area contributed by atoms with E-state index in [1.165, 1.54) is 24.3 Å². The zero-order valence-electron chi connectivity index (χ0n) is 17.9. The number of benzene rings is 3. The van der Waals surface area contributed by atoms with Crippen LogP contribution in [0.5, 0.6) is 0 Å². The number of nitrogens with one attached hydrogen (secondary N) is 1. The Hall–Kier alpha value is -2.88. The van der Waals surface area contributed by atoms with Crippen LogP contribution >= 0.6 is 11.6 Å². The van der Waals surface area contributed by atoms with E-state index in [1.807, 2.05) is 31.2 Å². The minimum atomic E-state index is -3.95. The van der Waals surface area contributed by atoms with Crippen LogP contribution in [0.25, 0.3) is 0 Å². The quantitative estimate of drug-likeness (QED) is 0.533. The molecule has 1 unspecified atom stereocenters. The number of hydrogen-bond donors (Lipinski definition) is 1. The van der Waals surface area contributed by atoms with Gasteiger partial charge in [-0.2, -0.15) is 17.9 Å². The fourth-order valence-electron chi connectivity index (χ4n) is 3.74. The van der Waals surface area contributed by atoms with Gasteiger partial charge in [0, 0.05) is 17.1 Å². The molecular weight excluding hydrogens is 482 g/mol. The van der Waals surface area contributed by atoms with E-state index in [2.05, 4.69) is 9.82 Å². The minimum absolute atomic E-state index is 0.100. The van der Waals surface area contributed by atoms with E-state index >= 15 is 0 Å². The van der Waals surface area contributed by atoms with Crippen molar-refractivity contribution in [1.29, 1.82) is 0 Å². The van der Waals surface area contributed by atoms with Crippen molar-refractivity contribution >= 4 is 43.0 Å². The zero-order chi connectivity index (χ0) is 23.8. The molecule has 0 aliphatic carbocycles. The van der Waals surface area contributed by atoms with Gasteiger partial charge in [0.1, 0.15) is 0 Å². The van der Waals surface area contributed by atoms with E-state index in [0.717, 1.165) is 21.8 Å². The molecule has 1 N–H and O–H groups in total. The number of aryl methyl sites for hydroxylation is 1. The predicted molar refractivity (Wildman–Crippen MR) is 130 cm³/mol. The van der Waals surface area contributed by atoms with Crippen LogP contribution in [0.3, 0.4) is 0 Å². The number of sulfonamides is 2. The Morgan fingerprint density at radius 1 is 0.939 bits per heavy atom. The average molecular weight is 504 g/mol. The zero-order valence-corrected chi connectivity index (χ0v) is 20.3. The number of anilines is 1. The number of rotatable bonds is 6. The highest BCUT2D eigenvalue weighted by molar-refractivity contribution is 7.92. The molecule has 0 saturated heterocycles. The molecule has 1 heterocycles. The van der Waals surface area contributed by atoms with Gasteiger partial charge in [0.2, 0.25) is 10.0 Å². The molecule has 172 valence electrons. The summed E-state index contributed by atoms with van der Waals surface area (Å²) < 4.78 is 53.6. The van der Waals surface area contributed by atoms with E-state index in [-0.39, 0.29) is 4.90 Å². The fraction of sp³-hybridized carbons (Fsp3) is 0.174. The molecule has 3 aromatic carbocycles. The number of halogens is 1. The van der Waals surface area contributed by atoms with Gasteiger partial charge in [0.15, 0.2) is 0 Å². The Kier molecular flexibility index (Phi) is 6.22. The molecule has 33 heavy (non-hydrogen) atoms. The molecule has 7 nitrogen and oxygen atoms in total. The number of hydrogen-bond acceptors (Lipinski definition) is 5. The van der Waals surface area contributed by atoms with E-state index in [1.54, 1.807) is 24.3 Å². The molecule has 3 aromatic rings. The fourth-order valence-corrected chi connectivity index (χ4v) is 5.85. The highest BCUT2D eigenvalue weighted by Gasteiger charge is 2.38. The summed E-state index contributed by atoms with van der Waals surface area (Å²) in [5.41, 5.74) is 3.54. The lowest BCUT2D eigenvalue weighted by molar-refractivity contribution is 0.370. The van der Waals surface area contributed by atoms with Gasteiger partial charge in [-0.15, -0.1) is 0 Å². The van der Waals surface area contributed by atoms with E-state index in [9.17, 15) is 16.8 Å². The smallest absolute Gasteiger partial charge is 0.279 e. The van der Waals surface area contributed by atoms with Crippen LogP contribution in [0.2, 0.25) is 5.02 Å². The summed E-state index contributed by atoms with van der Waals surface area (Å²) in [4.78, 5) is 0.100. The lowest BCUT2D eigenvalue weighted by Crippen LogP contribution is -2.27. The third kappa shape index (κ3) is 5.05. The lowest BCUT2D eigenvalue weighted by Gasteiger charge is -2.24. The number of nitrogens with zero attached hydrogens (tertiary/aromatic N) is 2. The average Bonchev–Trinajstić information content (AvgIpc) is 3.20. The summed E-state index contributed by atoms with van der Waals surface area (Å²) in [5.74, 6) is 0. The molecule has 4 rings (SSSR count). The van der Waals surface area contributed by atoms with Crippen LogP contribution in [0.1, 0.15) is 29.2 Å². The van der Waals surface area contributed by atoms with Crippen molar-refractivity contribution in [1.82, 2.24) is 4.41 Å². The molecule has 0 fully saturated rings. The van der Waals surface area contributed by atoms with Gasteiger partial charge in [-0.3, -0.25) is 4.72 Å². The molecule has 1 aliphatic rings. The summed E-state index contributed by atoms with van der Waals surface area (Å²) in [7, 11) is -7.34. The lowest BCUT2D eigenvalue weighted by atomic mass is 9.96. The molecule has 0 aromatic heterocycles. The van der Waals surface area contributed by atoms with E-state index < -0.39 is 26.1 Å². The maximum Gasteiger partial charge on any atom is 0.279 e. The molecule has 0 bridgehead atoms. The van der Waals surface area contributed by atoms with Crippen LogP contribution in [-0.4, -0.2) is 33.2 Å². The standard InChI is InChI=1S/C23H22ClN3O4S2/c1-16-5-3-4-6-21(16)23-15-22(17-7-11-19(12-8-17)26-32(2,28)29)25-27(23)33(30,31)20-13-9-18(24)10-14-20/h3-14,23,26H,15H2,1-2H3. The van der Waals surface area contributed by atoms with Gasteiger partial charge >= 0.3 is 0 Å². The van der Waals surface area contributed by atoms with Crippen LogP contribution < -0.4 is 4.72 Å². The predicted octanol–water partition coefficient (Wildman–Crippen LogP) is 4.56. The monoisotopic (exact) mass is 503 g/mol. The van der Waals surface area contributed by atoms with Crippen molar-refractivity contribution in [3.8, 4) is 0 Å². The van der Waals surface area contributed by atoms with Crippen LogP contribution in [0.4, 0.5) is 5.69 Å². The van der Waals surface area contributed by atoms with Gasteiger partial charge in [-0.05, 0) is 60.0 Å². The second-order valence-corrected chi connectivity index (χ2v) is 11.8. The second kappa shape index (κ2) is 8.81. The Labute approximate surface area is 198 Å². The largest absolute Gasteiger partial charge is 0.284 e. The minimum Gasteiger partial charge on any atom is -0.284 e. The molecule has 10 heteroatoms. The topological polar surface area (TPSA) is 95.9 Å². The first-order valence-electron chi connectivity index (χ1n) is 10.1. The van der Waals surface area contributed by atoms with Crippen LogP contribution in [0.15, 0.2) is 82.8 Å². The normalized spacial score (nSPS) is 16.5. The van der Waals surface area contributed by atoms with Crippen LogP contribution in [0, 0.1) is 6.92 Å². The summed E-state index contributed by atoms with van der Waals surface area (Å²) in [6.45, 7) is 1.94. The van der Waals surface area contributed by atoms with Gasteiger partial charge in [0.05, 0.1) is 22.9 Å². The highest BCUT2D eigenvalue weighted by Crippen LogP contribution is 2.38. The maximum atomic E-state index is 13.5. The van der Waals surface area contributed by atoms with E-state index in [4.69, 9.17) is 11.6 Å². The van der Waals surface area contributed by atoms with Crippen LogP contribution in [-0.2, 0) is 20.0 Å². The first-order chi connectivity index (χ1) is 15.5. The summed E-state index contributed by atoms with van der Waals surface area (Å²) in [5, 5.41) is 4.96. The van der Waals surface area contributed by atoms with Crippen molar-refractivity contribution in [2.45, 2.75) is 24.3 Å². The van der Waals surface area contributed by atoms with Gasteiger partial charge in [0.25, 0.3) is 10.0 Å². The van der Waals surface area contributed by atoms with E-state index in [0.29, 0.717) is 28.4 Å². The molecule has 0 amide bonds. The molecule has 1 aliphatic heterocycles. The molecular formula is C23H22ClN3O4S2. The van der Waals surface area contributed by atoms with Gasteiger partial charge in [-0.1, -0.05) is 48.0 Å². The number of hydrazone groups is 1. The summed E-state index contributed by atoms with van der Waals surface area (Å²) in [6, 6.07) is 19.8. The van der Waals surface area contributed by atoms with Crippen molar-refractivity contribution in [3.05, 3.63) is 94.5 Å². The second-order valence-electron chi connectivity index (χ2n) is 7.81. The molecule has 0 radical (unpaired) electrons. The first-order valence-corrected chi connectivity index (χ1v) is 13.8. The SMILES string of the molecule is Cc1ccccc1C1CC(c2ccc(NS(C)(=O)=O)cc2)=NN1S(=O)(=O)c1ccc(Cl)cc1. The Morgan fingerprint density at radius 2 is 1.58 bits per heavy atom. The van der Waals surface area contributed by atoms with Crippen molar-refractivity contribution < 1.29 is 16.8 Å². The maximum absolute atomic E-state index is 13.5. The molecule has 1 atom stereocenters. The Balaban J connectivity index is 1.75. The highest BCUT2D eigenvalue weighted by atomic mass is 35.5. The van der Waals surface area contributed by atoms with Crippen molar-refractivity contribution in [2.24, 2.45) is 5.10 Å². The Bertz CT molecular complexity index is 1420. The Morgan fingerprint density at radius 3 is 2.18 bits per heavy atom. The van der Waals surface area contributed by atoms with Crippen molar-refractivity contribution in [2.75, 3.05) is 11.0 Å². The molecule has 0 saturated carbocycles. The third-order valence-corrected chi connectivity index (χ3v) is 7.85. The van der Waals surface area contributed by atoms with Gasteiger partial charge in [-0.25, -0.2) is 8.42 Å². The first kappa shape index (κ1) is 23.3. The van der Waals surface area contributed by atoms with Gasteiger partial charge < -0.3 is 0 Å². The summed E-state index contributed by atoms with van der Waals surface area (Å²) in [6.07, 6.45) is 1.45. The molecule has 0 spiro atoms. The summed E-state index contributed by atoms with van der Waals surface area (Å²) >= 11 is 5.94.